The summed E-state index contributed by atoms with van der Waals surface area (Å²) in [5.74, 6) is -0.937. The van der Waals surface area contributed by atoms with Crippen molar-refractivity contribution in [3.8, 4) is 0 Å². The normalized spacial score (nSPS) is 11.9. The summed E-state index contributed by atoms with van der Waals surface area (Å²) in [4.78, 5) is 11.9. The number of hydrogen-bond donors (Lipinski definition) is 2. The van der Waals surface area contributed by atoms with Crippen LogP contribution in [0.5, 0.6) is 0 Å². The number of halogens is 2. The lowest BCUT2D eigenvalue weighted by Gasteiger charge is -2.12. The fourth-order valence-corrected chi connectivity index (χ4v) is 2.20. The molecule has 20 heavy (non-hydrogen) atoms. The number of benzene rings is 2. The number of aliphatic hydroxyl groups excluding tert-OH is 1. The third kappa shape index (κ3) is 3.43. The first-order valence-corrected chi connectivity index (χ1v) is 6.84. The van der Waals surface area contributed by atoms with Crippen molar-refractivity contribution < 1.29 is 14.3 Å². The third-order valence-corrected chi connectivity index (χ3v) is 3.64. The van der Waals surface area contributed by atoms with Crippen molar-refractivity contribution in [3.63, 3.8) is 0 Å². The lowest BCUT2D eigenvalue weighted by atomic mass is 10.1. The Hall–Kier alpha value is -1.72. The van der Waals surface area contributed by atoms with Crippen LogP contribution in [0.4, 0.5) is 4.39 Å². The van der Waals surface area contributed by atoms with E-state index in [0.717, 1.165) is 0 Å². The molecule has 0 aliphatic heterocycles. The Balaban J connectivity index is 2.01. The van der Waals surface area contributed by atoms with Gasteiger partial charge in [0.15, 0.2) is 0 Å². The summed E-state index contributed by atoms with van der Waals surface area (Å²) in [7, 11) is 0. The molecule has 0 heterocycles. The van der Waals surface area contributed by atoms with Gasteiger partial charge >= 0.3 is 0 Å². The Morgan fingerprint density at radius 2 is 1.90 bits per heavy atom. The van der Waals surface area contributed by atoms with Crippen LogP contribution >= 0.6 is 15.9 Å². The minimum absolute atomic E-state index is 0.0613. The summed E-state index contributed by atoms with van der Waals surface area (Å²) in [6.45, 7) is 0.0613. The lowest BCUT2D eigenvalue weighted by molar-refractivity contribution is 0.0915. The van der Waals surface area contributed by atoms with Crippen molar-refractivity contribution in [3.05, 3.63) is 69.9 Å². The molecule has 1 amide bonds. The van der Waals surface area contributed by atoms with Crippen molar-refractivity contribution in [2.75, 3.05) is 6.54 Å². The largest absolute Gasteiger partial charge is 0.387 e. The van der Waals surface area contributed by atoms with Crippen LogP contribution in [0.15, 0.2) is 53.0 Å². The maximum atomic E-state index is 13.3. The van der Waals surface area contributed by atoms with Crippen LogP contribution in [0.1, 0.15) is 22.0 Å². The second-order valence-corrected chi connectivity index (χ2v) is 5.03. The molecule has 0 aromatic heterocycles. The van der Waals surface area contributed by atoms with Crippen molar-refractivity contribution in [1.29, 1.82) is 0 Å². The topological polar surface area (TPSA) is 49.3 Å². The van der Waals surface area contributed by atoms with Gasteiger partial charge in [-0.2, -0.15) is 0 Å². The molecule has 0 spiro atoms. The fraction of sp³-hybridized carbons (Fsp3) is 0.133. The number of nitrogens with one attached hydrogen (secondary N) is 1. The molecule has 2 N–H and O–H groups in total. The zero-order chi connectivity index (χ0) is 14.5. The van der Waals surface area contributed by atoms with E-state index in [1.54, 1.807) is 12.1 Å². The quantitative estimate of drug-likeness (QED) is 0.900. The van der Waals surface area contributed by atoms with Crippen LogP contribution in [0.25, 0.3) is 0 Å². The molecule has 0 radical (unpaired) electrons. The van der Waals surface area contributed by atoms with E-state index in [2.05, 4.69) is 21.2 Å². The van der Waals surface area contributed by atoms with Gasteiger partial charge in [-0.05, 0) is 33.6 Å². The van der Waals surface area contributed by atoms with E-state index in [4.69, 9.17) is 0 Å². The molecule has 1 unspecified atom stereocenters. The van der Waals surface area contributed by atoms with E-state index in [0.29, 0.717) is 5.56 Å². The molecule has 2 aromatic carbocycles. The van der Waals surface area contributed by atoms with Crippen LogP contribution in [-0.2, 0) is 0 Å². The van der Waals surface area contributed by atoms with Gasteiger partial charge in [0.05, 0.1) is 16.1 Å². The van der Waals surface area contributed by atoms with E-state index < -0.39 is 17.8 Å². The highest BCUT2D eigenvalue weighted by Crippen LogP contribution is 2.20. The second-order valence-electron chi connectivity index (χ2n) is 4.24. The van der Waals surface area contributed by atoms with Gasteiger partial charge in [0.2, 0.25) is 0 Å². The third-order valence-electron chi connectivity index (χ3n) is 2.84. The van der Waals surface area contributed by atoms with Crippen molar-refractivity contribution in [2.45, 2.75) is 6.10 Å². The van der Waals surface area contributed by atoms with E-state index in [1.807, 2.05) is 18.2 Å². The second kappa shape index (κ2) is 6.63. The summed E-state index contributed by atoms with van der Waals surface area (Å²) < 4.78 is 13.4. The fourth-order valence-electron chi connectivity index (χ4n) is 1.76. The SMILES string of the molecule is O=C(NCC(O)c1ccccc1)c1cccc(F)c1Br. The van der Waals surface area contributed by atoms with Crippen LogP contribution in [-0.4, -0.2) is 17.6 Å². The van der Waals surface area contributed by atoms with Crippen molar-refractivity contribution in [2.24, 2.45) is 0 Å². The average Bonchev–Trinajstić information content (AvgIpc) is 2.48. The molecule has 0 saturated heterocycles. The number of aliphatic hydroxyl groups is 1. The predicted molar refractivity (Wildman–Crippen MR) is 77.8 cm³/mol. The molecule has 104 valence electrons. The highest BCUT2D eigenvalue weighted by atomic mass is 79.9. The highest BCUT2D eigenvalue weighted by Gasteiger charge is 2.14. The Labute approximate surface area is 124 Å². The minimum atomic E-state index is -0.799. The molecule has 2 aromatic rings. The summed E-state index contributed by atoms with van der Waals surface area (Å²) in [6.07, 6.45) is -0.799. The highest BCUT2D eigenvalue weighted by molar-refractivity contribution is 9.10. The summed E-state index contributed by atoms with van der Waals surface area (Å²) in [5, 5.41) is 12.5. The van der Waals surface area contributed by atoms with Crippen molar-refractivity contribution >= 4 is 21.8 Å². The maximum absolute atomic E-state index is 13.3. The van der Waals surface area contributed by atoms with E-state index in [9.17, 15) is 14.3 Å². The van der Waals surface area contributed by atoms with Gasteiger partial charge in [0.1, 0.15) is 5.82 Å². The maximum Gasteiger partial charge on any atom is 0.252 e. The van der Waals surface area contributed by atoms with Gasteiger partial charge < -0.3 is 10.4 Å². The molecule has 5 heteroatoms. The van der Waals surface area contributed by atoms with E-state index >= 15 is 0 Å². The molecule has 2 rings (SSSR count). The number of hydrogen-bond acceptors (Lipinski definition) is 2. The first kappa shape index (κ1) is 14.7. The number of rotatable bonds is 4. The number of carbonyl (C=O) groups is 1. The van der Waals surface area contributed by atoms with E-state index in [-0.39, 0.29) is 16.6 Å². The molecule has 0 fully saturated rings. The standard InChI is InChI=1S/C15H13BrFNO2/c16-14-11(7-4-8-12(14)17)15(20)18-9-13(19)10-5-2-1-3-6-10/h1-8,13,19H,9H2,(H,18,20). The first-order chi connectivity index (χ1) is 9.59. The first-order valence-electron chi connectivity index (χ1n) is 6.05. The molecule has 0 bridgehead atoms. The zero-order valence-electron chi connectivity index (χ0n) is 10.5. The Bertz CT molecular complexity index is 604. The molecular weight excluding hydrogens is 325 g/mol. The lowest BCUT2D eigenvalue weighted by Crippen LogP contribution is -2.28. The number of amides is 1. The van der Waals surface area contributed by atoms with Crippen molar-refractivity contribution in [1.82, 2.24) is 5.32 Å². The molecule has 1 atom stereocenters. The molecular formula is C15H13BrFNO2. The van der Waals surface area contributed by atoms with Gasteiger partial charge in [0, 0.05) is 6.54 Å². The van der Waals surface area contributed by atoms with Gasteiger partial charge in [-0.25, -0.2) is 4.39 Å². The summed E-state index contributed by atoms with van der Waals surface area (Å²) >= 11 is 3.03. The summed E-state index contributed by atoms with van der Waals surface area (Å²) in [6, 6.07) is 13.2. The van der Waals surface area contributed by atoms with Gasteiger partial charge in [-0.15, -0.1) is 0 Å². The summed E-state index contributed by atoms with van der Waals surface area (Å²) in [5.41, 5.74) is 0.913. The van der Waals surface area contributed by atoms with Gasteiger partial charge in [0.25, 0.3) is 5.91 Å². The molecule has 0 aliphatic rings. The molecule has 0 saturated carbocycles. The number of carbonyl (C=O) groups excluding carboxylic acids is 1. The minimum Gasteiger partial charge on any atom is -0.387 e. The monoisotopic (exact) mass is 337 g/mol. The molecule has 3 nitrogen and oxygen atoms in total. The van der Waals surface area contributed by atoms with Crippen LogP contribution in [0, 0.1) is 5.82 Å². The molecule has 0 aliphatic carbocycles. The zero-order valence-corrected chi connectivity index (χ0v) is 12.1. The Morgan fingerprint density at radius 3 is 2.60 bits per heavy atom. The van der Waals surface area contributed by atoms with Crippen LogP contribution < -0.4 is 5.32 Å². The van der Waals surface area contributed by atoms with Gasteiger partial charge in [-0.1, -0.05) is 36.4 Å². The Kier molecular flexibility index (Phi) is 4.87. The Morgan fingerprint density at radius 1 is 1.20 bits per heavy atom. The average molecular weight is 338 g/mol. The van der Waals surface area contributed by atoms with Gasteiger partial charge in [-0.3, -0.25) is 4.79 Å². The smallest absolute Gasteiger partial charge is 0.252 e. The van der Waals surface area contributed by atoms with Crippen LogP contribution in [0.3, 0.4) is 0 Å². The van der Waals surface area contributed by atoms with E-state index in [1.165, 1.54) is 18.2 Å². The van der Waals surface area contributed by atoms with Crippen LogP contribution in [0.2, 0.25) is 0 Å². The predicted octanol–water partition coefficient (Wildman–Crippen LogP) is 3.05.